The summed E-state index contributed by atoms with van der Waals surface area (Å²) in [5, 5.41) is 19.8. The molecule has 1 spiro atoms. The van der Waals surface area contributed by atoms with Gasteiger partial charge >= 0.3 is 6.01 Å². The lowest BCUT2D eigenvalue weighted by atomic mass is 9.90. The van der Waals surface area contributed by atoms with E-state index in [1.165, 1.54) is 12.1 Å². The number of nitrogen functional groups attached to an aromatic ring is 1. The Morgan fingerprint density at radius 3 is 2.67 bits per heavy atom. The number of ether oxygens (including phenoxy) is 2. The third-order valence-corrected chi connectivity index (χ3v) is 12.7. The van der Waals surface area contributed by atoms with Crippen molar-refractivity contribution in [3.05, 3.63) is 40.4 Å². The minimum absolute atomic E-state index is 0.0217. The zero-order chi connectivity index (χ0) is 35.2. The number of hydrogen-bond donors (Lipinski definition) is 1. The van der Waals surface area contributed by atoms with Crippen LogP contribution < -0.4 is 15.4 Å². The number of rotatable bonds is 6. The van der Waals surface area contributed by atoms with Gasteiger partial charge in [-0.3, -0.25) is 9.69 Å². The second-order valence-corrected chi connectivity index (χ2v) is 15.9. The molecule has 0 radical (unpaired) electrons. The summed E-state index contributed by atoms with van der Waals surface area (Å²) >= 11 is 7.83. The number of hydrogen-bond acceptors (Lipinski definition) is 11. The molecule has 5 aliphatic rings. The number of benzene rings is 2. The number of nitrogens with two attached hydrogens (primary N) is 1. The molecule has 4 aliphatic heterocycles. The van der Waals surface area contributed by atoms with Crippen LogP contribution in [-0.2, 0) is 9.53 Å². The van der Waals surface area contributed by atoms with Crippen LogP contribution in [0.25, 0.3) is 32.1 Å². The molecular formula is C36H33ClF2N8O3S. The van der Waals surface area contributed by atoms with E-state index in [-0.39, 0.29) is 71.6 Å². The van der Waals surface area contributed by atoms with Crippen LogP contribution in [-0.4, -0.2) is 89.3 Å². The van der Waals surface area contributed by atoms with E-state index < -0.39 is 17.2 Å². The lowest BCUT2D eigenvalue weighted by Gasteiger charge is -2.54. The summed E-state index contributed by atoms with van der Waals surface area (Å²) < 4.78 is 44.8. The molecule has 2 aromatic heterocycles. The molecule has 4 aromatic rings. The Kier molecular flexibility index (Phi) is 7.57. The maximum Gasteiger partial charge on any atom is 0.319 e. The minimum Gasteiger partial charge on any atom is -0.461 e. The molecule has 1 saturated carbocycles. The van der Waals surface area contributed by atoms with Gasteiger partial charge < -0.3 is 25.0 Å². The van der Waals surface area contributed by atoms with Crippen molar-refractivity contribution in [1.82, 2.24) is 19.8 Å². The largest absolute Gasteiger partial charge is 0.461 e. The van der Waals surface area contributed by atoms with Gasteiger partial charge in [-0.15, -0.1) is 11.3 Å². The SMILES string of the molecule is N#Cc1c(N)sc2c(F)ccc(-c3c(Cl)cc4c(N5CCOC6(CN(C(=O)[C@@H]7C[C@H]7C#N)C6)C5)nc(OCC56CCCN5CCC6)nc4c3F)c12. The third kappa shape index (κ3) is 5.10. The first kappa shape index (κ1) is 32.6. The quantitative estimate of drug-likeness (QED) is 0.271. The molecule has 9 rings (SSSR count). The van der Waals surface area contributed by atoms with Crippen LogP contribution in [0.5, 0.6) is 6.01 Å². The van der Waals surface area contributed by atoms with E-state index in [1.807, 2.05) is 11.0 Å². The summed E-state index contributed by atoms with van der Waals surface area (Å²) in [6.45, 7) is 4.33. The van der Waals surface area contributed by atoms with Crippen LogP contribution >= 0.6 is 22.9 Å². The van der Waals surface area contributed by atoms with Gasteiger partial charge in [0.2, 0.25) is 5.91 Å². The maximum atomic E-state index is 17.1. The fourth-order valence-electron chi connectivity index (χ4n) is 8.75. The average molecular weight is 731 g/mol. The third-order valence-electron chi connectivity index (χ3n) is 11.4. The lowest BCUT2D eigenvalue weighted by molar-refractivity contribution is -0.172. The molecule has 5 fully saturated rings. The van der Waals surface area contributed by atoms with Crippen molar-refractivity contribution in [1.29, 1.82) is 10.5 Å². The van der Waals surface area contributed by atoms with Crippen molar-refractivity contribution in [3.8, 4) is 29.3 Å². The number of nitriles is 2. The molecule has 0 unspecified atom stereocenters. The monoisotopic (exact) mass is 730 g/mol. The van der Waals surface area contributed by atoms with Gasteiger partial charge in [0, 0.05) is 22.9 Å². The molecule has 262 valence electrons. The van der Waals surface area contributed by atoms with Gasteiger partial charge in [-0.1, -0.05) is 17.7 Å². The molecular weight excluding hydrogens is 698 g/mol. The van der Waals surface area contributed by atoms with Crippen molar-refractivity contribution in [2.75, 3.05) is 63.1 Å². The normalized spacial score (nSPS) is 23.3. The van der Waals surface area contributed by atoms with Crippen molar-refractivity contribution in [3.63, 3.8) is 0 Å². The van der Waals surface area contributed by atoms with Crippen molar-refractivity contribution >= 4 is 60.7 Å². The summed E-state index contributed by atoms with van der Waals surface area (Å²) in [6, 6.07) is 8.48. The summed E-state index contributed by atoms with van der Waals surface area (Å²) in [4.78, 5) is 28.7. The van der Waals surface area contributed by atoms with Crippen molar-refractivity contribution in [2.24, 2.45) is 11.8 Å². The van der Waals surface area contributed by atoms with Gasteiger partial charge in [-0.2, -0.15) is 20.5 Å². The van der Waals surface area contributed by atoms with Gasteiger partial charge in [0.05, 0.1) is 65.0 Å². The van der Waals surface area contributed by atoms with Crippen LogP contribution in [0, 0.1) is 46.1 Å². The predicted molar refractivity (Wildman–Crippen MR) is 187 cm³/mol. The van der Waals surface area contributed by atoms with Crippen LogP contribution in [0.3, 0.4) is 0 Å². The number of likely N-dealkylation sites (tertiary alicyclic amines) is 1. The molecule has 1 aliphatic carbocycles. The van der Waals surface area contributed by atoms with E-state index in [0.717, 1.165) is 50.1 Å². The predicted octanol–water partition coefficient (Wildman–Crippen LogP) is 5.48. The van der Waals surface area contributed by atoms with Gasteiger partial charge in [0.15, 0.2) is 5.82 Å². The topological polar surface area (TPSA) is 145 Å². The number of nitrogens with zero attached hydrogens (tertiary/aromatic N) is 7. The molecule has 2 N–H and O–H groups in total. The van der Waals surface area contributed by atoms with Crippen LogP contribution in [0.4, 0.5) is 19.6 Å². The smallest absolute Gasteiger partial charge is 0.319 e. The number of halogens is 3. The van der Waals surface area contributed by atoms with E-state index in [9.17, 15) is 19.7 Å². The number of amides is 1. The molecule has 51 heavy (non-hydrogen) atoms. The molecule has 2 aromatic carbocycles. The van der Waals surface area contributed by atoms with E-state index in [2.05, 4.69) is 16.0 Å². The van der Waals surface area contributed by atoms with Gasteiger partial charge in [-0.25, -0.2) is 8.78 Å². The van der Waals surface area contributed by atoms with E-state index in [0.29, 0.717) is 57.0 Å². The molecule has 11 nitrogen and oxygen atoms in total. The molecule has 1 amide bonds. The summed E-state index contributed by atoms with van der Waals surface area (Å²) in [6.07, 6.45) is 4.77. The fourth-order valence-corrected chi connectivity index (χ4v) is 9.99. The number of aromatic nitrogens is 2. The molecule has 4 saturated heterocycles. The number of morpholine rings is 1. The van der Waals surface area contributed by atoms with E-state index in [1.54, 1.807) is 11.0 Å². The molecule has 0 bridgehead atoms. The second-order valence-electron chi connectivity index (χ2n) is 14.5. The van der Waals surface area contributed by atoms with Gasteiger partial charge in [0.25, 0.3) is 0 Å². The summed E-state index contributed by atoms with van der Waals surface area (Å²) in [5.74, 6) is -1.39. The average Bonchev–Trinajstić information content (AvgIpc) is 3.43. The van der Waals surface area contributed by atoms with Crippen molar-refractivity contribution in [2.45, 2.75) is 43.2 Å². The molecule has 6 heterocycles. The second kappa shape index (κ2) is 11.9. The number of carbonyl (C=O) groups is 1. The van der Waals surface area contributed by atoms with E-state index >= 15 is 4.39 Å². The minimum atomic E-state index is -0.756. The number of fused-ring (bicyclic) bond motifs is 3. The zero-order valence-electron chi connectivity index (χ0n) is 27.6. The Morgan fingerprint density at radius 1 is 1.16 bits per heavy atom. The Bertz CT molecular complexity index is 2220. The van der Waals surface area contributed by atoms with Crippen LogP contribution in [0.2, 0.25) is 5.02 Å². The Balaban J connectivity index is 1.12. The van der Waals surface area contributed by atoms with Gasteiger partial charge in [-0.05, 0) is 62.9 Å². The first-order valence-corrected chi connectivity index (χ1v) is 18.4. The Labute approximate surface area is 301 Å². The summed E-state index contributed by atoms with van der Waals surface area (Å²) in [7, 11) is 0. The standard InChI is InChI=1S/C36H33ClF2N8O3S/c37-24-12-22-29(28(39)27(24)20-3-4-25(38)30-26(20)23(14-41)31(42)51-30)43-34(49-18-35-5-1-7-47(35)8-2-6-35)44-32(22)45-9-10-50-36(15-45)16-46(17-36)33(48)21-11-19(21)13-40/h3-4,12,19,21H,1-2,5-11,15-18,42H2/t19-,21+/m0/s1. The van der Waals surface area contributed by atoms with Crippen LogP contribution in [0.15, 0.2) is 18.2 Å². The highest BCUT2D eigenvalue weighted by Gasteiger charge is 2.54. The first-order valence-electron chi connectivity index (χ1n) is 17.2. The highest BCUT2D eigenvalue weighted by atomic mass is 35.5. The molecule has 2 atom stereocenters. The fraction of sp³-hybridized carbons (Fsp3) is 0.472. The van der Waals surface area contributed by atoms with Gasteiger partial charge in [0.1, 0.15) is 40.4 Å². The highest BCUT2D eigenvalue weighted by molar-refractivity contribution is 7.23. The Hall–Kier alpha value is -4.34. The zero-order valence-corrected chi connectivity index (χ0v) is 29.1. The number of carbonyl (C=O) groups excluding carboxylic acids is 1. The first-order chi connectivity index (χ1) is 24.6. The maximum absolute atomic E-state index is 17.1. The highest BCUT2D eigenvalue weighted by Crippen LogP contribution is 2.47. The lowest BCUT2D eigenvalue weighted by Crippen LogP contribution is -2.71. The molecule has 15 heteroatoms. The van der Waals surface area contributed by atoms with E-state index in [4.69, 9.17) is 31.8 Å². The number of anilines is 2. The summed E-state index contributed by atoms with van der Waals surface area (Å²) in [5.41, 5.74) is 5.57. The Morgan fingerprint density at radius 2 is 1.94 bits per heavy atom. The van der Waals surface area contributed by atoms with Crippen molar-refractivity contribution < 1.29 is 23.0 Å². The number of thiophene rings is 1. The van der Waals surface area contributed by atoms with Crippen LogP contribution in [0.1, 0.15) is 37.7 Å².